The first kappa shape index (κ1) is 35.2. The minimum Gasteiger partial charge on any atom is -0.465 e. The molecule has 2 aromatic carbocycles. The van der Waals surface area contributed by atoms with Gasteiger partial charge in [-0.25, -0.2) is 32.7 Å². The lowest BCUT2D eigenvalue weighted by atomic mass is 9.96. The molecule has 1 fully saturated rings. The normalized spacial score (nSPS) is 14.7. The summed E-state index contributed by atoms with van der Waals surface area (Å²) in [6.45, 7) is 8.54. The zero-order valence-electron chi connectivity index (χ0n) is 26.7. The van der Waals surface area contributed by atoms with E-state index >= 15 is 0 Å². The summed E-state index contributed by atoms with van der Waals surface area (Å²) in [5.41, 5.74) is -0.320. The molecule has 1 saturated carbocycles. The SMILES string of the molecule is COC(=O)c1cccc(S(=O)(=O)Nc2nc(C#CC(CC3(C(F)(F)F)CC3)NC(=O)OC(C)(C)C)cc(-c3c(C)cccc3C)n2)c1. The van der Waals surface area contributed by atoms with E-state index in [1.54, 1.807) is 20.8 Å². The van der Waals surface area contributed by atoms with Crippen LogP contribution >= 0.6 is 0 Å². The van der Waals surface area contributed by atoms with Crippen LogP contribution in [0.15, 0.2) is 53.4 Å². The molecule has 3 aromatic rings. The van der Waals surface area contributed by atoms with Gasteiger partial charge >= 0.3 is 18.2 Å². The molecule has 2 N–H and O–H groups in total. The van der Waals surface area contributed by atoms with Crippen LogP contribution in [0.4, 0.5) is 23.9 Å². The highest BCUT2D eigenvalue weighted by atomic mass is 32.2. The van der Waals surface area contributed by atoms with Crippen LogP contribution in [0.5, 0.6) is 0 Å². The number of aryl methyl sites for hydroxylation is 2. The number of sulfonamides is 1. The average molecular weight is 673 g/mol. The van der Waals surface area contributed by atoms with Crippen molar-refractivity contribution in [3.8, 4) is 23.1 Å². The number of hydrogen-bond donors (Lipinski definition) is 2. The van der Waals surface area contributed by atoms with E-state index in [0.29, 0.717) is 11.3 Å². The number of esters is 1. The number of alkyl carbamates (subject to hydrolysis) is 1. The predicted molar refractivity (Wildman–Crippen MR) is 168 cm³/mol. The second-order valence-electron chi connectivity index (χ2n) is 12.3. The van der Waals surface area contributed by atoms with Gasteiger partial charge in [-0.1, -0.05) is 30.2 Å². The highest BCUT2D eigenvalue weighted by Gasteiger charge is 2.63. The molecule has 1 atom stereocenters. The molecule has 250 valence electrons. The topological polar surface area (TPSA) is 137 Å². The molecular weight excluding hydrogens is 637 g/mol. The van der Waals surface area contributed by atoms with Crippen molar-refractivity contribution in [1.82, 2.24) is 15.3 Å². The Labute approximate surface area is 271 Å². The number of nitrogens with zero attached hydrogens (tertiary/aromatic N) is 2. The number of carbonyl (C=O) groups excluding carboxylic acids is 2. The first-order chi connectivity index (χ1) is 21.8. The smallest absolute Gasteiger partial charge is 0.408 e. The summed E-state index contributed by atoms with van der Waals surface area (Å²) in [7, 11) is -3.17. The number of hydrogen-bond acceptors (Lipinski definition) is 8. The van der Waals surface area contributed by atoms with Gasteiger partial charge in [0.05, 0.1) is 34.7 Å². The number of carbonyl (C=O) groups is 2. The van der Waals surface area contributed by atoms with Gasteiger partial charge in [0, 0.05) is 5.56 Å². The molecule has 14 heteroatoms. The second kappa shape index (κ2) is 13.2. The lowest BCUT2D eigenvalue weighted by Gasteiger charge is -2.25. The van der Waals surface area contributed by atoms with Crippen LogP contribution < -0.4 is 10.0 Å². The maximum absolute atomic E-state index is 13.9. The van der Waals surface area contributed by atoms with Crippen molar-refractivity contribution in [2.75, 3.05) is 11.8 Å². The lowest BCUT2D eigenvalue weighted by molar-refractivity contribution is -0.189. The quantitative estimate of drug-likeness (QED) is 0.210. The Morgan fingerprint density at radius 2 is 1.66 bits per heavy atom. The zero-order valence-corrected chi connectivity index (χ0v) is 27.5. The summed E-state index contributed by atoms with van der Waals surface area (Å²) in [4.78, 5) is 33.0. The maximum Gasteiger partial charge on any atom is 0.408 e. The van der Waals surface area contributed by atoms with Gasteiger partial charge in [0.25, 0.3) is 10.0 Å². The van der Waals surface area contributed by atoms with Gasteiger partial charge in [0.15, 0.2) is 0 Å². The number of rotatable bonds is 8. The third-order valence-corrected chi connectivity index (χ3v) is 8.70. The second-order valence-corrected chi connectivity index (χ2v) is 14.0. The van der Waals surface area contributed by atoms with Crippen molar-refractivity contribution in [2.45, 2.75) is 76.6 Å². The third-order valence-electron chi connectivity index (χ3n) is 7.37. The van der Waals surface area contributed by atoms with Crippen molar-refractivity contribution in [3.05, 3.63) is 70.9 Å². The molecule has 4 rings (SSSR count). The van der Waals surface area contributed by atoms with Crippen LogP contribution in [0.25, 0.3) is 11.3 Å². The van der Waals surface area contributed by atoms with Gasteiger partial charge in [-0.05, 0) is 95.2 Å². The van der Waals surface area contributed by atoms with Gasteiger partial charge in [0.1, 0.15) is 11.3 Å². The summed E-state index contributed by atoms with van der Waals surface area (Å²) in [5, 5.41) is 2.44. The molecule has 0 spiro atoms. The van der Waals surface area contributed by atoms with Crippen molar-refractivity contribution in [3.63, 3.8) is 0 Å². The average Bonchev–Trinajstić information content (AvgIpc) is 3.75. The molecule has 0 bridgehead atoms. The molecule has 1 heterocycles. The van der Waals surface area contributed by atoms with Crippen LogP contribution in [0.2, 0.25) is 0 Å². The fourth-order valence-electron chi connectivity index (χ4n) is 4.88. The number of aromatic nitrogens is 2. The van der Waals surface area contributed by atoms with Gasteiger partial charge in [0.2, 0.25) is 5.95 Å². The summed E-state index contributed by atoms with van der Waals surface area (Å²) in [5.74, 6) is 4.32. The van der Waals surface area contributed by atoms with Crippen molar-refractivity contribution in [2.24, 2.45) is 5.41 Å². The van der Waals surface area contributed by atoms with Gasteiger partial charge in [-0.3, -0.25) is 0 Å². The Morgan fingerprint density at radius 3 is 2.23 bits per heavy atom. The van der Waals surface area contributed by atoms with Crippen LogP contribution in [0, 0.1) is 31.1 Å². The molecule has 1 aliphatic carbocycles. The zero-order chi connectivity index (χ0) is 34.8. The van der Waals surface area contributed by atoms with Gasteiger partial charge in [-0.15, -0.1) is 0 Å². The van der Waals surface area contributed by atoms with Crippen molar-refractivity contribution < 1.29 is 40.7 Å². The fraction of sp³-hybridized carbons (Fsp3) is 0.394. The molecule has 0 saturated heterocycles. The summed E-state index contributed by atoms with van der Waals surface area (Å²) in [6.07, 6.45) is -6.14. The number of anilines is 1. The Bertz CT molecular complexity index is 1840. The molecule has 47 heavy (non-hydrogen) atoms. The number of alkyl halides is 3. The molecule has 1 aromatic heterocycles. The number of halogens is 3. The van der Waals surface area contributed by atoms with E-state index in [2.05, 4.69) is 36.6 Å². The van der Waals surface area contributed by atoms with E-state index < -0.39 is 51.7 Å². The molecule has 1 unspecified atom stereocenters. The van der Waals surface area contributed by atoms with E-state index in [4.69, 9.17) is 4.74 Å². The summed E-state index contributed by atoms with van der Waals surface area (Å²) >= 11 is 0. The first-order valence-corrected chi connectivity index (χ1v) is 16.1. The Kier molecular flexibility index (Phi) is 9.91. The van der Waals surface area contributed by atoms with Crippen LogP contribution in [-0.4, -0.2) is 55.4 Å². The van der Waals surface area contributed by atoms with Gasteiger partial charge < -0.3 is 14.8 Å². The first-order valence-electron chi connectivity index (χ1n) is 14.6. The number of methoxy groups -OCH3 is 1. The Hall–Kier alpha value is -4.64. The van der Waals surface area contributed by atoms with Crippen LogP contribution in [0.1, 0.15) is 67.2 Å². The highest BCUT2D eigenvalue weighted by molar-refractivity contribution is 7.92. The van der Waals surface area contributed by atoms with E-state index in [1.165, 1.54) is 31.4 Å². The predicted octanol–water partition coefficient (Wildman–Crippen LogP) is 6.33. The van der Waals surface area contributed by atoms with Crippen molar-refractivity contribution >= 4 is 28.0 Å². The number of ether oxygens (including phenoxy) is 2. The minimum atomic E-state index is -4.50. The van der Waals surface area contributed by atoms with E-state index in [9.17, 15) is 31.2 Å². The number of amides is 1. The monoisotopic (exact) mass is 672 g/mol. The van der Waals surface area contributed by atoms with E-state index in [0.717, 1.165) is 17.2 Å². The molecule has 1 aliphatic rings. The number of nitrogens with one attached hydrogen (secondary N) is 2. The molecule has 10 nitrogen and oxygen atoms in total. The minimum absolute atomic E-state index is 0.00274. The highest BCUT2D eigenvalue weighted by Crippen LogP contribution is 2.60. The van der Waals surface area contributed by atoms with E-state index in [1.807, 2.05) is 32.0 Å². The molecule has 1 amide bonds. The molecular formula is C33H35F3N4O6S. The van der Waals surface area contributed by atoms with Crippen LogP contribution in [-0.2, 0) is 19.5 Å². The Morgan fingerprint density at radius 1 is 1.02 bits per heavy atom. The third kappa shape index (κ3) is 8.79. The van der Waals surface area contributed by atoms with Gasteiger partial charge in [-0.2, -0.15) is 13.2 Å². The summed E-state index contributed by atoms with van der Waals surface area (Å²) in [6, 6.07) is 10.9. The molecule has 0 aliphatic heterocycles. The maximum atomic E-state index is 13.9. The Balaban J connectivity index is 1.78. The fourth-order valence-corrected chi connectivity index (χ4v) is 5.87. The molecule has 0 radical (unpaired) electrons. The standard InChI is InChI=1S/C33H35F3N4O6S/c1-20-9-7-10-21(2)27(20)26-18-23(37-29(39-26)40-47(43,44)25-12-8-11-22(17-25)28(41)45-6)13-14-24(38-30(42)46-31(3,4)5)19-32(15-16-32)33(34,35)36/h7-12,17-18,24H,15-16,19H2,1-6H3,(H,38,42)(H,37,39,40). The summed E-state index contributed by atoms with van der Waals surface area (Å²) < 4.78 is 80.6. The largest absolute Gasteiger partial charge is 0.465 e. The van der Waals surface area contributed by atoms with Crippen molar-refractivity contribution in [1.29, 1.82) is 0 Å². The van der Waals surface area contributed by atoms with E-state index in [-0.39, 0.29) is 34.9 Å². The van der Waals surface area contributed by atoms with Crippen LogP contribution in [0.3, 0.4) is 0 Å². The lowest BCUT2D eigenvalue weighted by Crippen LogP contribution is -2.41. The number of benzene rings is 2.